The molecule has 4 rings (SSSR count). The number of hydrogen-bond acceptors (Lipinski definition) is 4. The fraction of sp³-hybridized carbons (Fsp3) is 0.125. The Balaban J connectivity index is 1.61. The number of carbonyl (C=O) groups excluding carboxylic acids is 1. The first-order valence-electron chi connectivity index (χ1n) is 9.67. The van der Waals surface area contributed by atoms with E-state index >= 15 is 0 Å². The van der Waals surface area contributed by atoms with Gasteiger partial charge in [-0.3, -0.25) is 9.59 Å². The second-order valence-corrected chi connectivity index (χ2v) is 6.93. The van der Waals surface area contributed by atoms with E-state index in [0.29, 0.717) is 25.4 Å². The lowest BCUT2D eigenvalue weighted by Crippen LogP contribution is -2.33. The van der Waals surface area contributed by atoms with E-state index in [9.17, 15) is 9.59 Å². The van der Waals surface area contributed by atoms with Gasteiger partial charge in [-0.05, 0) is 29.3 Å². The van der Waals surface area contributed by atoms with Crippen LogP contribution >= 0.6 is 0 Å². The predicted molar refractivity (Wildman–Crippen MR) is 113 cm³/mol. The summed E-state index contributed by atoms with van der Waals surface area (Å²) < 4.78 is 6.76. The molecule has 0 aliphatic heterocycles. The molecule has 2 aromatic carbocycles. The fourth-order valence-corrected chi connectivity index (χ4v) is 3.19. The van der Waals surface area contributed by atoms with Crippen LogP contribution in [0.1, 0.15) is 27.4 Å². The van der Waals surface area contributed by atoms with E-state index < -0.39 is 0 Å². The second kappa shape index (κ2) is 9.05. The lowest BCUT2D eigenvalue weighted by atomic mass is 10.2. The molecule has 2 heterocycles. The largest absolute Gasteiger partial charge is 0.467 e. The number of hydrogen-bond donors (Lipinski definition) is 0. The topological polar surface area (TPSA) is 68.3 Å². The van der Waals surface area contributed by atoms with Crippen molar-refractivity contribution in [3.63, 3.8) is 0 Å². The van der Waals surface area contributed by atoms with Gasteiger partial charge < -0.3 is 9.32 Å². The quantitative estimate of drug-likeness (QED) is 0.475. The lowest BCUT2D eigenvalue weighted by molar-refractivity contribution is 0.0709. The smallest absolute Gasteiger partial charge is 0.275 e. The highest BCUT2D eigenvalue weighted by molar-refractivity contribution is 5.92. The summed E-state index contributed by atoms with van der Waals surface area (Å²) in [5.74, 6) is 0.411. The van der Waals surface area contributed by atoms with Crippen LogP contribution in [0.25, 0.3) is 0 Å². The van der Waals surface area contributed by atoms with Gasteiger partial charge in [-0.2, -0.15) is 5.10 Å². The third-order valence-corrected chi connectivity index (χ3v) is 4.69. The van der Waals surface area contributed by atoms with E-state index in [2.05, 4.69) is 5.10 Å². The van der Waals surface area contributed by atoms with Crippen molar-refractivity contribution in [2.45, 2.75) is 19.6 Å². The zero-order valence-corrected chi connectivity index (χ0v) is 16.3. The van der Waals surface area contributed by atoms with Crippen molar-refractivity contribution in [2.24, 2.45) is 0 Å². The van der Waals surface area contributed by atoms with Crippen molar-refractivity contribution >= 4 is 5.91 Å². The van der Waals surface area contributed by atoms with E-state index in [1.165, 1.54) is 16.8 Å². The third kappa shape index (κ3) is 4.72. The van der Waals surface area contributed by atoms with Gasteiger partial charge >= 0.3 is 0 Å². The summed E-state index contributed by atoms with van der Waals surface area (Å²) in [5.41, 5.74) is 1.90. The van der Waals surface area contributed by atoms with Crippen LogP contribution in [0.2, 0.25) is 0 Å². The zero-order chi connectivity index (χ0) is 20.8. The zero-order valence-electron chi connectivity index (χ0n) is 16.3. The normalized spacial score (nSPS) is 10.7. The summed E-state index contributed by atoms with van der Waals surface area (Å²) in [5, 5.41) is 4.34. The van der Waals surface area contributed by atoms with Gasteiger partial charge in [0.25, 0.3) is 11.5 Å². The maximum atomic E-state index is 13.3. The van der Waals surface area contributed by atoms with Crippen molar-refractivity contribution in [1.82, 2.24) is 14.7 Å². The summed E-state index contributed by atoms with van der Waals surface area (Å²) >= 11 is 0. The van der Waals surface area contributed by atoms with Gasteiger partial charge in [0.2, 0.25) is 0 Å². The number of amides is 1. The molecule has 4 aromatic rings. The third-order valence-electron chi connectivity index (χ3n) is 4.69. The van der Waals surface area contributed by atoms with Crippen molar-refractivity contribution in [3.8, 4) is 0 Å². The molecule has 0 saturated carbocycles. The van der Waals surface area contributed by atoms with E-state index in [1.54, 1.807) is 17.2 Å². The number of nitrogens with zero attached hydrogens (tertiary/aromatic N) is 3. The maximum absolute atomic E-state index is 13.3. The maximum Gasteiger partial charge on any atom is 0.275 e. The van der Waals surface area contributed by atoms with Gasteiger partial charge in [-0.1, -0.05) is 60.7 Å². The van der Waals surface area contributed by atoms with Crippen LogP contribution in [0.4, 0.5) is 0 Å². The minimum Gasteiger partial charge on any atom is -0.467 e. The van der Waals surface area contributed by atoms with Gasteiger partial charge in [-0.15, -0.1) is 0 Å². The molecule has 0 atom stereocenters. The van der Waals surface area contributed by atoms with E-state index in [1.807, 2.05) is 66.7 Å². The summed E-state index contributed by atoms with van der Waals surface area (Å²) in [6, 6.07) is 25.8. The van der Waals surface area contributed by atoms with Gasteiger partial charge in [0.05, 0.1) is 19.4 Å². The Morgan fingerprint density at radius 2 is 1.53 bits per heavy atom. The minimum absolute atomic E-state index is 0.216. The summed E-state index contributed by atoms with van der Waals surface area (Å²) in [7, 11) is 0. The number of aromatic nitrogens is 2. The van der Waals surface area contributed by atoms with Crippen LogP contribution < -0.4 is 5.56 Å². The number of rotatable bonds is 7. The molecule has 0 unspecified atom stereocenters. The van der Waals surface area contributed by atoms with Crippen LogP contribution in [0.15, 0.2) is 100 Å². The highest BCUT2D eigenvalue weighted by Gasteiger charge is 2.20. The van der Waals surface area contributed by atoms with Gasteiger partial charge in [0.1, 0.15) is 11.5 Å². The first-order chi connectivity index (χ1) is 14.7. The molecule has 0 N–H and O–H groups in total. The van der Waals surface area contributed by atoms with Crippen molar-refractivity contribution < 1.29 is 9.21 Å². The van der Waals surface area contributed by atoms with E-state index in [-0.39, 0.29) is 17.2 Å². The highest BCUT2D eigenvalue weighted by atomic mass is 16.3. The summed E-state index contributed by atoms with van der Waals surface area (Å²) in [6.07, 6.45) is 1.58. The highest BCUT2D eigenvalue weighted by Crippen LogP contribution is 2.13. The molecule has 0 fully saturated rings. The standard InChI is InChI=1S/C24H21N3O3/c28-23-14-13-22(25-27(23)17-20-10-5-2-6-11-20)24(29)26(18-21-12-7-15-30-21)16-19-8-3-1-4-9-19/h1-15H,16-18H2. The average molecular weight is 399 g/mol. The number of furan rings is 1. The van der Waals surface area contributed by atoms with Gasteiger partial charge in [-0.25, -0.2) is 4.68 Å². The molecule has 0 saturated heterocycles. The van der Waals surface area contributed by atoms with Crippen LogP contribution in [0.3, 0.4) is 0 Å². The van der Waals surface area contributed by atoms with E-state index in [0.717, 1.165) is 11.1 Å². The average Bonchev–Trinajstić information content (AvgIpc) is 3.29. The number of carbonyl (C=O) groups is 1. The Morgan fingerprint density at radius 3 is 2.20 bits per heavy atom. The molecule has 1 amide bonds. The SMILES string of the molecule is O=C(c1ccc(=O)n(Cc2ccccc2)n1)N(Cc1ccccc1)Cc1ccco1. The fourth-order valence-electron chi connectivity index (χ4n) is 3.19. The Bertz CT molecular complexity index is 1150. The van der Waals surface area contributed by atoms with Crippen molar-refractivity contribution in [1.29, 1.82) is 0 Å². The first kappa shape index (κ1) is 19.4. The summed E-state index contributed by atoms with van der Waals surface area (Å²) in [6.45, 7) is 1.01. The van der Waals surface area contributed by atoms with Crippen LogP contribution in [-0.4, -0.2) is 20.6 Å². The monoisotopic (exact) mass is 399 g/mol. The Kier molecular flexibility index (Phi) is 5.85. The molecular formula is C24H21N3O3. The Hall–Kier alpha value is -3.93. The van der Waals surface area contributed by atoms with Crippen LogP contribution in [0.5, 0.6) is 0 Å². The molecule has 0 radical (unpaired) electrons. The minimum atomic E-state index is -0.267. The second-order valence-electron chi connectivity index (χ2n) is 6.93. The molecule has 0 aliphatic rings. The van der Waals surface area contributed by atoms with Crippen LogP contribution in [-0.2, 0) is 19.6 Å². The van der Waals surface area contributed by atoms with Gasteiger partial charge in [0.15, 0.2) is 0 Å². The molecule has 6 heteroatoms. The summed E-state index contributed by atoms with van der Waals surface area (Å²) in [4.78, 5) is 27.2. The first-order valence-corrected chi connectivity index (χ1v) is 9.67. The molecule has 6 nitrogen and oxygen atoms in total. The lowest BCUT2D eigenvalue weighted by Gasteiger charge is -2.21. The molecule has 2 aromatic heterocycles. The predicted octanol–water partition coefficient (Wildman–Crippen LogP) is 3.73. The molecular weight excluding hydrogens is 378 g/mol. The molecule has 0 aliphatic carbocycles. The van der Waals surface area contributed by atoms with E-state index in [4.69, 9.17) is 4.42 Å². The molecule has 0 bridgehead atoms. The van der Waals surface area contributed by atoms with Crippen LogP contribution in [0, 0.1) is 0 Å². The van der Waals surface area contributed by atoms with Crippen molar-refractivity contribution in [3.05, 3.63) is 124 Å². The number of benzene rings is 2. The van der Waals surface area contributed by atoms with Gasteiger partial charge in [0, 0.05) is 12.6 Å². The molecule has 150 valence electrons. The molecule has 30 heavy (non-hydrogen) atoms. The molecule has 0 spiro atoms. The Labute approximate surface area is 174 Å². The Morgan fingerprint density at radius 1 is 0.833 bits per heavy atom. The van der Waals surface area contributed by atoms with Crippen molar-refractivity contribution in [2.75, 3.05) is 0 Å².